The van der Waals surface area contributed by atoms with Crippen LogP contribution in [0.1, 0.15) is 117 Å². The summed E-state index contributed by atoms with van der Waals surface area (Å²) in [5, 5.41) is 38.0. The van der Waals surface area contributed by atoms with E-state index in [2.05, 4.69) is 106 Å². The van der Waals surface area contributed by atoms with E-state index in [4.69, 9.17) is 4.74 Å². The molecule has 137 heavy (non-hydrogen) atoms. The zero-order valence-corrected chi connectivity index (χ0v) is 77.7. The molecule has 2 saturated heterocycles. The van der Waals surface area contributed by atoms with Crippen LogP contribution in [0.5, 0.6) is 0 Å². The van der Waals surface area contributed by atoms with Gasteiger partial charge in [-0.05, 0) is 264 Å². The molecule has 1 aliphatic carbocycles. The Kier molecular flexibility index (Phi) is 29.3. The molecule has 716 valence electrons. The molecule has 2 atom stereocenters. The fourth-order valence-corrected chi connectivity index (χ4v) is 17.8. The van der Waals surface area contributed by atoms with E-state index < -0.39 is 68.5 Å². The SMILES string of the molecule is Cc1cc2nc3c(=O)[nH]c(=O)nc-3n(CCN(C)[C@@H]3CC[C@H](C(=O)O)C3)c2cc1C.Cc1cc2nc3c(=O)[nH]c(=O)nc-3n(CCN3CCC(C(=O)O)CC3)c2cc1NCCC(=O)OC(C)(C)C.Cc1cc2nc3c(=O)[nH]c(=O)nc-3n(CCN3CCC(C(=O)O)CC3)c2cc1NCCc1ccc(F)cc1.Cc1cc2nc3c(=O)[nH]c(=O)nc-3n(CCNCc3ccc4nc[nH]c4c3)c2cc1C. The molecule has 1 saturated carbocycles. The maximum atomic E-state index is 13.2. The van der Waals surface area contributed by atoms with E-state index in [1.807, 2.05) is 148 Å². The first-order chi connectivity index (χ1) is 65.4. The van der Waals surface area contributed by atoms with Crippen molar-refractivity contribution in [1.29, 1.82) is 0 Å². The van der Waals surface area contributed by atoms with Crippen molar-refractivity contribution in [3.05, 3.63) is 231 Å². The highest BCUT2D eigenvalue weighted by Gasteiger charge is 2.34. The van der Waals surface area contributed by atoms with Crippen molar-refractivity contribution in [2.45, 2.75) is 164 Å². The van der Waals surface area contributed by atoms with Gasteiger partial charge in [0, 0.05) is 89.4 Å². The predicted octanol–water partition coefficient (Wildman–Crippen LogP) is 7.57. The number of H-pyrrole nitrogens is 5. The van der Waals surface area contributed by atoms with Gasteiger partial charge in [0.25, 0.3) is 22.2 Å². The van der Waals surface area contributed by atoms with Crippen LogP contribution in [-0.4, -0.2) is 226 Å². The van der Waals surface area contributed by atoms with E-state index in [-0.39, 0.29) is 82.3 Å². The van der Waals surface area contributed by atoms with Crippen molar-refractivity contribution in [2.75, 3.05) is 83.1 Å². The average molecular weight is 1870 g/mol. The van der Waals surface area contributed by atoms with Crippen molar-refractivity contribution in [3.63, 3.8) is 0 Å². The van der Waals surface area contributed by atoms with Gasteiger partial charge in [-0.25, -0.2) is 48.5 Å². The van der Waals surface area contributed by atoms with Crippen LogP contribution in [-0.2, 0) is 63.1 Å². The van der Waals surface area contributed by atoms with Crippen LogP contribution < -0.4 is 60.9 Å². The zero-order valence-electron chi connectivity index (χ0n) is 77.7. The number of aryl methyl sites for hydroxylation is 6. The number of imidazole rings is 1. The molecule has 0 unspecified atom stereocenters. The minimum atomic E-state index is -0.765. The minimum Gasteiger partial charge on any atom is -0.481 e. The number of esters is 1. The molecule has 0 spiro atoms. The Morgan fingerprint density at radius 1 is 0.453 bits per heavy atom. The molecule has 11 aliphatic rings. The van der Waals surface area contributed by atoms with Gasteiger partial charge >= 0.3 is 46.6 Å². The van der Waals surface area contributed by atoms with Gasteiger partial charge in [-0.2, -0.15) is 19.9 Å². The molecule has 0 radical (unpaired) electrons. The van der Waals surface area contributed by atoms with Gasteiger partial charge in [0.1, 0.15) is 11.4 Å². The molecule has 10 aliphatic heterocycles. The number of aromatic amines is 5. The number of likely N-dealkylation sites (tertiary alicyclic amines) is 2. The lowest BCUT2D eigenvalue weighted by Gasteiger charge is -2.30. The number of nitrogens with one attached hydrogen (secondary N) is 8. The Hall–Kier alpha value is -14.8. The van der Waals surface area contributed by atoms with E-state index in [9.17, 15) is 77.2 Å². The van der Waals surface area contributed by atoms with Crippen LogP contribution in [0.3, 0.4) is 0 Å². The van der Waals surface area contributed by atoms with Crippen LogP contribution in [0.25, 0.3) is 101 Å². The second kappa shape index (κ2) is 41.6. The number of aliphatic carboxylic acids is 3. The van der Waals surface area contributed by atoms with Crippen LogP contribution in [0.4, 0.5) is 15.8 Å². The van der Waals surface area contributed by atoms with Crippen LogP contribution in [0.15, 0.2) is 136 Å². The first-order valence-corrected chi connectivity index (χ1v) is 45.6. The lowest BCUT2D eigenvalue weighted by Crippen LogP contribution is -2.38. The number of halogens is 1. The number of nitrogens with zero attached hydrogens (tertiary/aromatic N) is 16. The van der Waals surface area contributed by atoms with E-state index in [1.54, 1.807) is 18.5 Å². The van der Waals surface area contributed by atoms with Gasteiger partial charge in [0.05, 0.1) is 85.7 Å². The van der Waals surface area contributed by atoms with Gasteiger partial charge in [-0.1, -0.05) is 18.2 Å². The molecule has 1 aromatic heterocycles. The van der Waals surface area contributed by atoms with Crippen molar-refractivity contribution in [1.82, 2.24) is 108 Å². The summed E-state index contributed by atoms with van der Waals surface area (Å²) in [5.41, 5.74) is 12.3. The van der Waals surface area contributed by atoms with Gasteiger partial charge in [0.2, 0.25) is 0 Å². The molecule has 0 bridgehead atoms. The second-order valence-corrected chi connectivity index (χ2v) is 36.3. The molecular weight excluding hydrogens is 1760 g/mol. The number of likely N-dealkylation sites (N-methyl/N-ethyl adjacent to an activating group) is 1. The first kappa shape index (κ1) is 96.7. The number of rotatable bonds is 26. The highest BCUT2D eigenvalue weighted by molar-refractivity contribution is 5.87. The summed E-state index contributed by atoms with van der Waals surface area (Å²) in [6, 6.07) is 28.2. The standard InChI is InChI=1S/C27H29FN6O4.C26H34N6O6.C22H21N7O2.C21H25N5O4/c1-16-14-21-22(15-20(16)29-9-6-17-2-4-19(28)5-3-17)34(24-23(30-21)25(35)32-27(38)31-24)13-12-33-10-7-18(8-11-33)26(36)37;1-15-13-18-19(14-17(15)27-8-5-20(33)38-26(2,3)4)32(22-21(28-18)23(34)30-25(37)29-22)12-11-31-9-6-16(7-10-31)24(35)36;1-12-7-17-18(8-13(12)2)29(20-19(26-17)21(30)28-22(31)27-20)6-5-23-10-14-3-4-15-16(9-14)25-11-24-15;1-11-8-15-16(9-12(11)2)26(18-17(22-15)19(27)24-21(30)23-18)7-6-25(3)14-5-4-13(10-14)20(28)29/h2-5,14-15,18,29H,6-13H2,1H3,(H,36,37)(H,32,35,38);13-14,16,27H,5-12H2,1-4H3,(H,35,36)(H,30,34,37);3-4,7-9,11,23H,5-6,10H2,1-2H3,(H,24,25)(H,28,30,31);8-9,13-14H,4-7,10H2,1-3H3,(H,28,29)(H,24,27,30)/t;;;13-,14+/m...0/s1. The number of ether oxygens (including phenoxy) is 1. The summed E-state index contributed by atoms with van der Waals surface area (Å²) in [5.74, 6) is -2.80. The fourth-order valence-electron chi connectivity index (χ4n) is 17.8. The number of carbonyl (C=O) groups is 4. The zero-order chi connectivity index (χ0) is 97.5. The summed E-state index contributed by atoms with van der Waals surface area (Å²) in [4.78, 5) is 201. The lowest BCUT2D eigenvalue weighted by atomic mass is 9.97. The maximum Gasteiger partial charge on any atom is 0.349 e. The van der Waals surface area contributed by atoms with Gasteiger partial charge in [-0.15, -0.1) is 0 Å². The maximum absolute atomic E-state index is 13.2. The van der Waals surface area contributed by atoms with Crippen molar-refractivity contribution in [2.24, 2.45) is 17.8 Å². The number of carbonyl (C=O) groups excluding carboxylic acids is 1. The molecular formula is C96H109FN24O16. The Labute approximate surface area is 780 Å². The van der Waals surface area contributed by atoms with Crippen molar-refractivity contribution >= 4 is 90.4 Å². The molecule has 11 N–H and O–H groups in total. The molecule has 18 rings (SSSR count). The normalized spacial score (nSPS) is 15.2. The number of carboxylic acid groups (broad SMARTS) is 3. The summed E-state index contributed by atoms with van der Waals surface area (Å²) in [6.45, 7) is 26.0. The number of piperidine rings is 2. The quantitative estimate of drug-likeness (QED) is 0.0141. The van der Waals surface area contributed by atoms with Crippen LogP contribution in [0.2, 0.25) is 0 Å². The smallest absolute Gasteiger partial charge is 0.349 e. The van der Waals surface area contributed by atoms with E-state index >= 15 is 0 Å². The Bertz CT molecular complexity index is 7460. The number of anilines is 2. The third-order valence-electron chi connectivity index (χ3n) is 25.6. The molecule has 40 nitrogen and oxygen atoms in total. The number of aromatic nitrogens is 18. The monoisotopic (exact) mass is 1870 g/mol. The molecule has 3 fully saturated rings. The van der Waals surface area contributed by atoms with Crippen LogP contribution >= 0.6 is 0 Å². The van der Waals surface area contributed by atoms with Crippen molar-refractivity contribution < 1.29 is 43.6 Å². The Morgan fingerprint density at radius 3 is 1.28 bits per heavy atom. The highest BCUT2D eigenvalue weighted by Crippen LogP contribution is 2.34. The first-order valence-electron chi connectivity index (χ1n) is 45.6. The summed E-state index contributed by atoms with van der Waals surface area (Å²) < 4.78 is 26.0. The Balaban J connectivity index is 0.000000139. The number of hydrogen-bond donors (Lipinski definition) is 11. The number of fused-ring (bicyclic) bond motifs is 9. The van der Waals surface area contributed by atoms with Gasteiger partial charge < -0.3 is 74.0 Å². The number of benzene rings is 6. The summed E-state index contributed by atoms with van der Waals surface area (Å²) in [7, 11) is 1.98. The third-order valence-corrected chi connectivity index (χ3v) is 25.6. The molecule has 41 heteroatoms. The van der Waals surface area contributed by atoms with E-state index in [0.717, 1.165) is 89.9 Å². The average Bonchev–Trinajstić information content (AvgIpc) is 1.18. The van der Waals surface area contributed by atoms with E-state index in [1.165, 1.54) is 12.1 Å². The van der Waals surface area contributed by atoms with Crippen molar-refractivity contribution in [3.8, 4) is 46.1 Å². The van der Waals surface area contributed by atoms with Gasteiger partial charge in [0.15, 0.2) is 46.1 Å². The highest BCUT2D eigenvalue weighted by atomic mass is 19.1. The predicted molar refractivity (Wildman–Crippen MR) is 513 cm³/mol. The molecule has 6 aromatic carbocycles. The second-order valence-electron chi connectivity index (χ2n) is 36.3. The third kappa shape index (κ3) is 22.9. The molecule has 0 amide bonds. The number of carboxylic acids is 3. The summed E-state index contributed by atoms with van der Waals surface area (Å²) in [6.07, 6.45) is 7.06. The molecule has 11 heterocycles. The summed E-state index contributed by atoms with van der Waals surface area (Å²) >= 11 is 0. The number of hydrogen-bond acceptors (Lipinski definition) is 28. The molecule has 7 aromatic rings. The lowest BCUT2D eigenvalue weighted by molar-refractivity contribution is -0.154. The van der Waals surface area contributed by atoms with Gasteiger partial charge in [-0.3, -0.25) is 58.3 Å². The van der Waals surface area contributed by atoms with Crippen LogP contribution in [0, 0.1) is 65.1 Å². The Morgan fingerprint density at radius 2 is 0.854 bits per heavy atom. The largest absolute Gasteiger partial charge is 0.481 e. The van der Waals surface area contributed by atoms with E-state index in [0.29, 0.717) is 177 Å². The minimum absolute atomic E-state index is 0.0757. The fraction of sp³-hybridized carbons (Fsp3) is 0.406. The topological polar surface area (TPSA) is 535 Å².